The summed E-state index contributed by atoms with van der Waals surface area (Å²) in [6.45, 7) is 0. The standard InChI is InChI=1S/C21H14F6N2OS/c22-20(23,24)14-10-15(21(25,26)27)12-16(11-14)29-19(30)18(13-6-2-1-3-7-13)31-17-8-4-5-9-28-17/h1-12,18H,(H,29,30)/t18-/m1/s1. The van der Waals surface area contributed by atoms with Gasteiger partial charge in [-0.05, 0) is 35.9 Å². The zero-order valence-electron chi connectivity index (χ0n) is 15.5. The fourth-order valence-electron chi connectivity index (χ4n) is 2.67. The van der Waals surface area contributed by atoms with Crippen molar-refractivity contribution in [2.45, 2.75) is 22.6 Å². The van der Waals surface area contributed by atoms with Gasteiger partial charge in [-0.15, -0.1) is 0 Å². The molecule has 0 radical (unpaired) electrons. The second kappa shape index (κ2) is 9.01. The lowest BCUT2D eigenvalue weighted by atomic mass is 10.1. The first-order valence-electron chi connectivity index (χ1n) is 8.77. The third-order valence-electron chi connectivity index (χ3n) is 4.07. The van der Waals surface area contributed by atoms with Crippen molar-refractivity contribution in [3.05, 3.63) is 89.6 Å². The first-order chi connectivity index (χ1) is 14.5. The molecule has 0 fully saturated rings. The summed E-state index contributed by atoms with van der Waals surface area (Å²) in [4.78, 5) is 17.0. The molecule has 0 unspecified atom stereocenters. The lowest BCUT2D eigenvalue weighted by Crippen LogP contribution is -2.20. The molecule has 0 bridgehead atoms. The normalized spacial score (nSPS) is 13.0. The number of amides is 1. The average molecular weight is 456 g/mol. The van der Waals surface area contributed by atoms with Crippen LogP contribution in [-0.2, 0) is 17.1 Å². The van der Waals surface area contributed by atoms with Gasteiger partial charge in [0.2, 0.25) is 5.91 Å². The number of hydrogen-bond donors (Lipinski definition) is 1. The van der Waals surface area contributed by atoms with E-state index in [4.69, 9.17) is 0 Å². The number of alkyl halides is 6. The van der Waals surface area contributed by atoms with E-state index in [1.807, 2.05) is 0 Å². The number of benzene rings is 2. The lowest BCUT2D eigenvalue weighted by Gasteiger charge is -2.18. The van der Waals surface area contributed by atoms with Crippen LogP contribution in [0, 0.1) is 0 Å². The van der Waals surface area contributed by atoms with Gasteiger partial charge in [0.1, 0.15) is 5.25 Å². The van der Waals surface area contributed by atoms with Crippen LogP contribution < -0.4 is 5.32 Å². The molecule has 0 spiro atoms. The zero-order valence-corrected chi connectivity index (χ0v) is 16.4. The van der Waals surface area contributed by atoms with Gasteiger partial charge in [-0.3, -0.25) is 4.79 Å². The van der Waals surface area contributed by atoms with E-state index in [1.54, 1.807) is 48.5 Å². The molecule has 3 nitrogen and oxygen atoms in total. The van der Waals surface area contributed by atoms with Gasteiger partial charge in [-0.1, -0.05) is 48.2 Å². The Morgan fingerprint density at radius 3 is 1.94 bits per heavy atom. The Hall–Kier alpha value is -3.01. The molecule has 0 aliphatic rings. The molecule has 31 heavy (non-hydrogen) atoms. The quantitative estimate of drug-likeness (QED) is 0.348. The number of rotatable bonds is 5. The van der Waals surface area contributed by atoms with Gasteiger partial charge < -0.3 is 5.32 Å². The Morgan fingerprint density at radius 1 is 0.839 bits per heavy atom. The minimum absolute atomic E-state index is 0.00692. The number of thioether (sulfide) groups is 1. The highest BCUT2D eigenvalue weighted by Crippen LogP contribution is 2.39. The largest absolute Gasteiger partial charge is 0.416 e. The highest BCUT2D eigenvalue weighted by atomic mass is 32.2. The number of carbonyl (C=O) groups excluding carboxylic acids is 1. The van der Waals surface area contributed by atoms with E-state index in [-0.39, 0.29) is 6.07 Å². The molecule has 1 atom stereocenters. The molecule has 3 rings (SSSR count). The average Bonchev–Trinajstić information content (AvgIpc) is 2.72. The van der Waals surface area contributed by atoms with Crippen LogP contribution in [0.15, 0.2) is 78.0 Å². The molecule has 0 aliphatic carbocycles. The van der Waals surface area contributed by atoms with E-state index in [0.717, 1.165) is 11.8 Å². The number of halogens is 6. The van der Waals surface area contributed by atoms with E-state index in [0.29, 0.717) is 22.7 Å². The third-order valence-corrected chi connectivity index (χ3v) is 5.28. The molecule has 1 aromatic heterocycles. The Labute approximate surface area is 177 Å². The van der Waals surface area contributed by atoms with Crippen LogP contribution in [0.5, 0.6) is 0 Å². The number of nitrogens with zero attached hydrogens (tertiary/aromatic N) is 1. The second-order valence-corrected chi connectivity index (χ2v) is 7.49. The highest BCUT2D eigenvalue weighted by molar-refractivity contribution is 8.00. The SMILES string of the molecule is O=C(Nc1cc(C(F)(F)F)cc(C(F)(F)F)c1)[C@H](Sc1ccccn1)c1ccccc1. The van der Waals surface area contributed by atoms with Gasteiger partial charge in [0.25, 0.3) is 0 Å². The topological polar surface area (TPSA) is 42.0 Å². The van der Waals surface area contributed by atoms with Gasteiger partial charge in [0, 0.05) is 11.9 Å². The first kappa shape index (κ1) is 22.7. The maximum absolute atomic E-state index is 13.1. The molecule has 0 saturated carbocycles. The van der Waals surface area contributed by atoms with Crippen LogP contribution in [-0.4, -0.2) is 10.9 Å². The molecule has 10 heteroatoms. The number of aromatic nitrogens is 1. The highest BCUT2D eigenvalue weighted by Gasteiger charge is 2.37. The zero-order chi connectivity index (χ0) is 22.6. The number of anilines is 1. The van der Waals surface area contributed by atoms with Crippen LogP contribution in [0.4, 0.5) is 32.0 Å². The van der Waals surface area contributed by atoms with Crippen LogP contribution in [0.2, 0.25) is 0 Å². The lowest BCUT2D eigenvalue weighted by molar-refractivity contribution is -0.143. The van der Waals surface area contributed by atoms with Gasteiger partial charge in [-0.25, -0.2) is 4.98 Å². The van der Waals surface area contributed by atoms with Crippen molar-refractivity contribution in [3.8, 4) is 0 Å². The Balaban J connectivity index is 1.96. The molecular formula is C21H14F6N2OS. The Morgan fingerprint density at radius 2 is 1.42 bits per heavy atom. The van der Waals surface area contributed by atoms with Crippen LogP contribution in [0.25, 0.3) is 0 Å². The van der Waals surface area contributed by atoms with Crippen molar-refractivity contribution in [1.82, 2.24) is 4.98 Å². The maximum atomic E-state index is 13.1. The number of hydrogen-bond acceptors (Lipinski definition) is 3. The Bertz CT molecular complexity index is 1010. The Kier molecular flexibility index (Phi) is 6.59. The molecule has 1 heterocycles. The predicted octanol–water partition coefficient (Wildman–Crippen LogP) is 6.59. The summed E-state index contributed by atoms with van der Waals surface area (Å²) in [5.74, 6) is -0.783. The maximum Gasteiger partial charge on any atom is 0.416 e. The monoisotopic (exact) mass is 456 g/mol. The van der Waals surface area contributed by atoms with Gasteiger partial charge in [0.15, 0.2) is 0 Å². The summed E-state index contributed by atoms with van der Waals surface area (Å²) in [7, 11) is 0. The summed E-state index contributed by atoms with van der Waals surface area (Å²) in [6, 6.07) is 14.3. The molecule has 2 aromatic carbocycles. The van der Waals surface area contributed by atoms with Crippen LogP contribution >= 0.6 is 11.8 Å². The predicted molar refractivity (Wildman–Crippen MR) is 104 cm³/mol. The van der Waals surface area contributed by atoms with Crippen molar-refractivity contribution >= 4 is 23.4 Å². The smallest absolute Gasteiger partial charge is 0.325 e. The molecular weight excluding hydrogens is 442 g/mol. The number of nitrogens with one attached hydrogen (secondary N) is 1. The molecule has 1 amide bonds. The molecule has 1 N–H and O–H groups in total. The number of pyridine rings is 1. The minimum atomic E-state index is -5.01. The van der Waals surface area contributed by atoms with Gasteiger partial charge in [-0.2, -0.15) is 26.3 Å². The van der Waals surface area contributed by atoms with Crippen LogP contribution in [0.3, 0.4) is 0 Å². The molecule has 3 aromatic rings. The summed E-state index contributed by atoms with van der Waals surface area (Å²) >= 11 is 1.02. The van der Waals surface area contributed by atoms with Crippen molar-refractivity contribution in [2.24, 2.45) is 0 Å². The summed E-state index contributed by atoms with van der Waals surface area (Å²) < 4.78 is 78.6. The molecule has 0 aliphatic heterocycles. The summed E-state index contributed by atoms with van der Waals surface area (Å²) in [5.41, 5.74) is -3.11. The third kappa shape index (κ3) is 6.00. The van der Waals surface area contributed by atoms with Crippen molar-refractivity contribution in [2.75, 3.05) is 5.32 Å². The second-order valence-electron chi connectivity index (χ2n) is 6.36. The molecule has 0 saturated heterocycles. The van der Waals surface area contributed by atoms with Gasteiger partial charge >= 0.3 is 12.4 Å². The summed E-state index contributed by atoms with van der Waals surface area (Å²) in [5, 5.41) is 1.70. The van der Waals surface area contributed by atoms with Crippen molar-refractivity contribution in [1.29, 1.82) is 0 Å². The van der Waals surface area contributed by atoms with Crippen LogP contribution in [0.1, 0.15) is 21.9 Å². The number of carbonyl (C=O) groups is 1. The van der Waals surface area contributed by atoms with Gasteiger partial charge in [0.05, 0.1) is 16.2 Å². The van der Waals surface area contributed by atoms with E-state index >= 15 is 0 Å². The first-order valence-corrected chi connectivity index (χ1v) is 9.65. The minimum Gasteiger partial charge on any atom is -0.325 e. The fourth-order valence-corrected chi connectivity index (χ4v) is 3.65. The van der Waals surface area contributed by atoms with Crippen molar-refractivity contribution < 1.29 is 31.1 Å². The van der Waals surface area contributed by atoms with E-state index in [2.05, 4.69) is 10.3 Å². The fraction of sp³-hybridized carbons (Fsp3) is 0.143. The van der Waals surface area contributed by atoms with E-state index in [1.165, 1.54) is 6.20 Å². The summed E-state index contributed by atoms with van der Waals surface area (Å²) in [6.07, 6.45) is -8.52. The van der Waals surface area contributed by atoms with E-state index < -0.39 is 40.3 Å². The molecule has 162 valence electrons. The van der Waals surface area contributed by atoms with Crippen molar-refractivity contribution in [3.63, 3.8) is 0 Å². The van der Waals surface area contributed by atoms with E-state index in [9.17, 15) is 31.1 Å².